The molecule has 1 atom stereocenters. The molecule has 0 fully saturated rings. The third-order valence-corrected chi connectivity index (χ3v) is 3.76. The van der Waals surface area contributed by atoms with Gasteiger partial charge in [0.05, 0.1) is 23.1 Å². The molecule has 0 aliphatic rings. The Bertz CT molecular complexity index is 559. The number of aromatic nitrogens is 2. The summed E-state index contributed by atoms with van der Waals surface area (Å²) in [5, 5.41) is 12.0. The molecule has 1 aromatic carbocycles. The van der Waals surface area contributed by atoms with Crippen LogP contribution in [0, 0.1) is 13.8 Å². The molecular formula is C14H17Cl2N3. The normalized spacial score (nSPS) is 12.5. The van der Waals surface area contributed by atoms with Gasteiger partial charge in [-0.15, -0.1) is 0 Å². The van der Waals surface area contributed by atoms with Gasteiger partial charge in [0.1, 0.15) is 0 Å². The van der Waals surface area contributed by atoms with E-state index in [0.29, 0.717) is 10.0 Å². The first-order chi connectivity index (χ1) is 9.02. The number of nitrogens with one attached hydrogen (secondary N) is 2. The minimum atomic E-state index is 0.139. The highest BCUT2D eigenvalue weighted by molar-refractivity contribution is 6.35. The largest absolute Gasteiger partial charge is 0.375 e. The van der Waals surface area contributed by atoms with Crippen LogP contribution in [0.1, 0.15) is 36.3 Å². The second kappa shape index (κ2) is 5.85. The lowest BCUT2D eigenvalue weighted by Crippen LogP contribution is -2.11. The van der Waals surface area contributed by atoms with Gasteiger partial charge < -0.3 is 5.32 Å². The summed E-state index contributed by atoms with van der Waals surface area (Å²) >= 11 is 12.2. The van der Waals surface area contributed by atoms with Gasteiger partial charge in [0, 0.05) is 10.0 Å². The third-order valence-electron chi connectivity index (χ3n) is 3.19. The fraction of sp³-hybridized carbons (Fsp3) is 0.357. The van der Waals surface area contributed by atoms with Crippen molar-refractivity contribution in [2.24, 2.45) is 0 Å². The predicted molar refractivity (Wildman–Crippen MR) is 81.2 cm³/mol. The summed E-state index contributed by atoms with van der Waals surface area (Å²) in [6.07, 6.45) is 0.922. The average molecular weight is 298 g/mol. The van der Waals surface area contributed by atoms with Crippen molar-refractivity contribution in [3.05, 3.63) is 45.2 Å². The number of H-pyrrole nitrogens is 1. The Morgan fingerprint density at radius 3 is 2.58 bits per heavy atom. The second-order valence-corrected chi connectivity index (χ2v) is 5.42. The first-order valence-corrected chi connectivity index (χ1v) is 7.01. The summed E-state index contributed by atoms with van der Waals surface area (Å²) in [7, 11) is 0. The molecule has 1 heterocycles. The van der Waals surface area contributed by atoms with Crippen LogP contribution in [0.15, 0.2) is 18.2 Å². The van der Waals surface area contributed by atoms with Crippen LogP contribution in [0.4, 0.5) is 5.69 Å². The molecule has 0 aliphatic carbocycles. The van der Waals surface area contributed by atoms with Crippen LogP contribution >= 0.6 is 23.2 Å². The lowest BCUT2D eigenvalue weighted by atomic mass is 10.0. The quantitative estimate of drug-likeness (QED) is 0.843. The summed E-state index contributed by atoms with van der Waals surface area (Å²) < 4.78 is 0. The van der Waals surface area contributed by atoms with Gasteiger partial charge in [-0.05, 0) is 38.0 Å². The molecule has 0 bridgehead atoms. The Kier molecular flexibility index (Phi) is 4.38. The van der Waals surface area contributed by atoms with Crippen LogP contribution in [0.5, 0.6) is 0 Å². The average Bonchev–Trinajstić information content (AvgIpc) is 2.68. The number of benzene rings is 1. The van der Waals surface area contributed by atoms with Gasteiger partial charge in [-0.1, -0.05) is 36.2 Å². The van der Waals surface area contributed by atoms with Crippen LogP contribution in [0.3, 0.4) is 0 Å². The molecule has 0 amide bonds. The number of aryl methyl sites for hydroxylation is 2. The summed E-state index contributed by atoms with van der Waals surface area (Å²) in [5.41, 5.74) is 4.08. The smallest absolute Gasteiger partial charge is 0.0825 e. The summed E-state index contributed by atoms with van der Waals surface area (Å²) in [5.74, 6) is 0. The number of aromatic amines is 1. The standard InChI is InChI=1S/C14H17Cl2N3/c1-4-13(11-6-5-10(15)7-12(11)16)17-14-8(2)18-19-9(14)3/h5-7,13,17H,4H2,1-3H3,(H,18,19). The Morgan fingerprint density at radius 1 is 1.32 bits per heavy atom. The molecular weight excluding hydrogens is 281 g/mol. The highest BCUT2D eigenvalue weighted by Gasteiger charge is 2.16. The topological polar surface area (TPSA) is 40.7 Å². The van der Waals surface area contributed by atoms with E-state index in [9.17, 15) is 0 Å². The molecule has 0 aliphatic heterocycles. The number of hydrogen-bond donors (Lipinski definition) is 2. The van der Waals surface area contributed by atoms with Gasteiger partial charge in [-0.2, -0.15) is 5.10 Å². The number of anilines is 1. The predicted octanol–water partition coefficient (Wildman–Crippen LogP) is 4.90. The van der Waals surface area contributed by atoms with E-state index in [4.69, 9.17) is 23.2 Å². The number of hydrogen-bond acceptors (Lipinski definition) is 2. The number of nitrogens with zero attached hydrogens (tertiary/aromatic N) is 1. The summed E-state index contributed by atoms with van der Waals surface area (Å²) in [6.45, 7) is 6.09. The van der Waals surface area contributed by atoms with Gasteiger partial charge in [0.2, 0.25) is 0 Å². The first kappa shape index (κ1) is 14.2. The van der Waals surface area contributed by atoms with Crippen molar-refractivity contribution in [2.45, 2.75) is 33.2 Å². The fourth-order valence-electron chi connectivity index (χ4n) is 2.12. The van der Waals surface area contributed by atoms with E-state index in [1.807, 2.05) is 26.0 Å². The molecule has 2 rings (SSSR count). The number of halogens is 2. The van der Waals surface area contributed by atoms with Crippen LogP contribution < -0.4 is 5.32 Å². The maximum absolute atomic E-state index is 6.27. The molecule has 3 nitrogen and oxygen atoms in total. The SMILES string of the molecule is CCC(Nc1c(C)n[nH]c1C)c1ccc(Cl)cc1Cl. The van der Waals surface area contributed by atoms with E-state index in [0.717, 1.165) is 29.1 Å². The molecule has 1 aromatic heterocycles. The second-order valence-electron chi connectivity index (χ2n) is 4.58. The molecule has 2 aromatic rings. The van der Waals surface area contributed by atoms with Gasteiger partial charge >= 0.3 is 0 Å². The Morgan fingerprint density at radius 2 is 2.05 bits per heavy atom. The van der Waals surface area contributed by atoms with E-state index < -0.39 is 0 Å². The van der Waals surface area contributed by atoms with Gasteiger partial charge in [0.15, 0.2) is 0 Å². The summed E-state index contributed by atoms with van der Waals surface area (Å²) in [4.78, 5) is 0. The van der Waals surface area contributed by atoms with Gasteiger partial charge in [-0.3, -0.25) is 5.10 Å². The van der Waals surface area contributed by atoms with Crippen molar-refractivity contribution in [3.63, 3.8) is 0 Å². The minimum Gasteiger partial charge on any atom is -0.375 e. The van der Waals surface area contributed by atoms with Crippen molar-refractivity contribution < 1.29 is 0 Å². The Balaban J connectivity index is 2.30. The zero-order valence-corrected chi connectivity index (χ0v) is 12.7. The highest BCUT2D eigenvalue weighted by Crippen LogP contribution is 2.31. The molecule has 2 N–H and O–H groups in total. The highest BCUT2D eigenvalue weighted by atomic mass is 35.5. The molecule has 102 valence electrons. The monoisotopic (exact) mass is 297 g/mol. The third kappa shape index (κ3) is 3.04. The summed E-state index contributed by atoms with van der Waals surface area (Å²) in [6, 6.07) is 5.75. The molecule has 0 saturated carbocycles. The molecule has 1 unspecified atom stereocenters. The molecule has 5 heteroatoms. The van der Waals surface area contributed by atoms with Crippen molar-refractivity contribution in [3.8, 4) is 0 Å². The maximum atomic E-state index is 6.27. The van der Waals surface area contributed by atoms with Crippen LogP contribution in [0.25, 0.3) is 0 Å². The maximum Gasteiger partial charge on any atom is 0.0825 e. The molecule has 0 saturated heterocycles. The van der Waals surface area contributed by atoms with Crippen LogP contribution in [0.2, 0.25) is 10.0 Å². The van der Waals surface area contributed by atoms with E-state index in [2.05, 4.69) is 22.4 Å². The van der Waals surface area contributed by atoms with Crippen molar-refractivity contribution in [1.82, 2.24) is 10.2 Å². The molecule has 0 radical (unpaired) electrons. The molecule has 19 heavy (non-hydrogen) atoms. The lowest BCUT2D eigenvalue weighted by Gasteiger charge is -2.20. The Hall–Kier alpha value is -1.19. The number of rotatable bonds is 4. The Labute approximate surface area is 123 Å². The zero-order valence-electron chi connectivity index (χ0n) is 11.2. The van der Waals surface area contributed by atoms with Gasteiger partial charge in [0.25, 0.3) is 0 Å². The first-order valence-electron chi connectivity index (χ1n) is 6.26. The minimum absolute atomic E-state index is 0.139. The van der Waals surface area contributed by atoms with E-state index >= 15 is 0 Å². The van der Waals surface area contributed by atoms with Crippen molar-refractivity contribution >= 4 is 28.9 Å². The van der Waals surface area contributed by atoms with Crippen molar-refractivity contribution in [1.29, 1.82) is 0 Å². The lowest BCUT2D eigenvalue weighted by molar-refractivity contribution is 0.748. The fourth-order valence-corrected chi connectivity index (χ4v) is 2.66. The van der Waals surface area contributed by atoms with Crippen LogP contribution in [-0.2, 0) is 0 Å². The zero-order chi connectivity index (χ0) is 14.0. The van der Waals surface area contributed by atoms with E-state index in [1.165, 1.54) is 0 Å². The van der Waals surface area contributed by atoms with Crippen LogP contribution in [-0.4, -0.2) is 10.2 Å². The molecule has 0 spiro atoms. The van der Waals surface area contributed by atoms with Gasteiger partial charge in [-0.25, -0.2) is 0 Å². The van der Waals surface area contributed by atoms with E-state index in [1.54, 1.807) is 6.07 Å². The van der Waals surface area contributed by atoms with Crippen molar-refractivity contribution in [2.75, 3.05) is 5.32 Å². The van der Waals surface area contributed by atoms with E-state index in [-0.39, 0.29) is 6.04 Å².